The van der Waals surface area contributed by atoms with Gasteiger partial charge < -0.3 is 14.7 Å². The van der Waals surface area contributed by atoms with E-state index in [9.17, 15) is 53.9 Å². The summed E-state index contributed by atoms with van der Waals surface area (Å²) in [6.45, 7) is 3.70. The zero-order valence-electron chi connectivity index (χ0n) is 51.3. The number of carbonyl (C=O) groups excluding carboxylic acids is 3. The van der Waals surface area contributed by atoms with Crippen LogP contribution in [0.5, 0.6) is 0 Å². The molecule has 32 heteroatoms. The molecule has 0 saturated carbocycles. The zero-order valence-corrected chi connectivity index (χ0v) is 51.3. The fourth-order valence-electron chi connectivity index (χ4n) is 14.6. The molecule has 0 aliphatic carbocycles. The van der Waals surface area contributed by atoms with E-state index in [1.54, 1.807) is 49.1 Å². The Morgan fingerprint density at radius 2 is 0.854 bits per heavy atom. The number of nitrogens with zero attached hydrogens (tertiary/aromatic N) is 20. The van der Waals surface area contributed by atoms with Crippen LogP contribution in [0.15, 0.2) is 123 Å². The molecule has 15 heterocycles. The van der Waals surface area contributed by atoms with Crippen LogP contribution < -0.4 is 0 Å². The Bertz CT molecular complexity index is 4250. The average Bonchev–Trinajstić information content (AvgIpc) is 1.61. The molecule has 9 aromatic heterocycles. The van der Waals surface area contributed by atoms with Crippen LogP contribution in [0.3, 0.4) is 0 Å². The van der Waals surface area contributed by atoms with E-state index < -0.39 is 35.6 Å². The Kier molecular flexibility index (Phi) is 17.6. The lowest BCUT2D eigenvalue weighted by atomic mass is 9.86. The van der Waals surface area contributed by atoms with E-state index in [4.69, 9.17) is 0 Å². The highest BCUT2D eigenvalue weighted by Crippen LogP contribution is 2.47. The molecular formula is C64H59F9N20O3. The first kappa shape index (κ1) is 64.5. The van der Waals surface area contributed by atoms with Crippen LogP contribution in [0, 0.1) is 31.6 Å². The number of carbonyl (C=O) groups is 3. The Morgan fingerprint density at radius 3 is 1.28 bits per heavy atom. The molecule has 9 aromatic rings. The van der Waals surface area contributed by atoms with Crippen molar-refractivity contribution in [2.45, 2.75) is 146 Å². The van der Waals surface area contributed by atoms with E-state index >= 15 is 0 Å². The molecule has 9 atom stereocenters. The molecule has 6 fully saturated rings. The summed E-state index contributed by atoms with van der Waals surface area (Å²) in [5.74, 6) is 1.13. The molecular weight excluding hydrogens is 1270 g/mol. The van der Waals surface area contributed by atoms with Crippen molar-refractivity contribution in [3.63, 3.8) is 0 Å². The third-order valence-corrected chi connectivity index (χ3v) is 18.6. The highest BCUT2D eigenvalue weighted by Gasteiger charge is 2.52. The van der Waals surface area contributed by atoms with Crippen molar-refractivity contribution in [3.8, 4) is 23.0 Å². The predicted molar refractivity (Wildman–Crippen MR) is 319 cm³/mol. The number of hydrogen-bond donors (Lipinski definition) is 0. The highest BCUT2D eigenvalue weighted by atomic mass is 19.4. The number of fused-ring (bicyclic) bond motifs is 6. The third kappa shape index (κ3) is 13.3. The lowest BCUT2D eigenvalue weighted by Gasteiger charge is -2.25. The molecule has 0 radical (unpaired) electrons. The number of amides is 3. The summed E-state index contributed by atoms with van der Waals surface area (Å²) >= 11 is 0. The van der Waals surface area contributed by atoms with Gasteiger partial charge in [-0.1, -0.05) is 0 Å². The highest BCUT2D eigenvalue weighted by molar-refractivity contribution is 6.00. The first-order valence-electron chi connectivity index (χ1n) is 31.1. The van der Waals surface area contributed by atoms with Crippen molar-refractivity contribution >= 4 is 17.7 Å². The molecule has 3 amide bonds. The van der Waals surface area contributed by atoms with Gasteiger partial charge in [0.1, 0.15) is 5.69 Å². The van der Waals surface area contributed by atoms with Gasteiger partial charge in [0.15, 0.2) is 34.5 Å². The van der Waals surface area contributed by atoms with Gasteiger partial charge in [-0.05, 0) is 151 Å². The summed E-state index contributed by atoms with van der Waals surface area (Å²) in [4.78, 5) is 93.2. The van der Waals surface area contributed by atoms with Crippen LogP contribution in [-0.2, 0) is 37.8 Å². The van der Waals surface area contributed by atoms with Gasteiger partial charge in [0, 0.05) is 85.3 Å². The van der Waals surface area contributed by atoms with Crippen molar-refractivity contribution in [1.82, 2.24) is 99.5 Å². The number of pyridine rings is 3. The van der Waals surface area contributed by atoms with Crippen molar-refractivity contribution in [3.05, 3.63) is 185 Å². The number of aromatic nitrogens is 17. The normalized spacial score (nSPS) is 22.4. The second-order valence-corrected chi connectivity index (χ2v) is 24.6. The molecule has 6 aliphatic rings. The quantitative estimate of drug-likeness (QED) is 0.103. The topological polar surface area (TPSA) is 264 Å². The number of alkyl halides is 9. The summed E-state index contributed by atoms with van der Waals surface area (Å²) in [5, 5.41) is 16.4. The van der Waals surface area contributed by atoms with Gasteiger partial charge in [0.05, 0.1) is 77.2 Å². The van der Waals surface area contributed by atoms with Crippen LogP contribution in [0.25, 0.3) is 23.0 Å². The molecule has 9 unspecified atom stereocenters. The maximum absolute atomic E-state index is 13.7. The van der Waals surface area contributed by atoms with Gasteiger partial charge in [0.2, 0.25) is 0 Å². The van der Waals surface area contributed by atoms with Crippen molar-refractivity contribution < 1.29 is 53.9 Å². The third-order valence-electron chi connectivity index (χ3n) is 18.6. The van der Waals surface area contributed by atoms with Crippen LogP contribution in [0.4, 0.5) is 39.5 Å². The van der Waals surface area contributed by atoms with Crippen LogP contribution >= 0.6 is 0 Å². The van der Waals surface area contributed by atoms with Gasteiger partial charge in [-0.2, -0.15) is 59.9 Å². The first-order valence-corrected chi connectivity index (χ1v) is 31.1. The maximum atomic E-state index is 13.7. The number of halogens is 9. The van der Waals surface area contributed by atoms with E-state index in [1.807, 2.05) is 40.7 Å². The van der Waals surface area contributed by atoms with Gasteiger partial charge >= 0.3 is 18.5 Å². The fourth-order valence-corrected chi connectivity index (χ4v) is 14.6. The lowest BCUT2D eigenvalue weighted by molar-refractivity contribution is -0.142. The SMILES string of the molecule is Cc1ccc(-c2ncccn2)c(C(=O)N2C3CCC2C(Cc2cnc(C(F)(F)F)cn2)C3)n1.Cc1cnc(-n2nccn2)c(C(=O)N2C3CCC2C(Cc2cnc(C(F)(F)F)cn2)C3)c1.O=C(c1cccnc1-n1nccn1)N1C2CCC1C(Cc1cnc(C(F)(F)F)cn1)C2. The monoisotopic (exact) mass is 1330 g/mol. The molecule has 15 rings (SSSR count). The van der Waals surface area contributed by atoms with Gasteiger partial charge in [-0.15, -0.1) is 9.59 Å². The van der Waals surface area contributed by atoms with Crippen molar-refractivity contribution in [1.29, 1.82) is 0 Å². The van der Waals surface area contributed by atoms with E-state index in [0.717, 1.165) is 87.6 Å². The Hall–Kier alpha value is -10.2. The van der Waals surface area contributed by atoms with Gasteiger partial charge in [-0.3, -0.25) is 29.3 Å². The maximum Gasteiger partial charge on any atom is 0.434 e. The second-order valence-electron chi connectivity index (χ2n) is 24.6. The minimum atomic E-state index is -4.51. The number of rotatable bonds is 12. The minimum absolute atomic E-state index is 0.000212. The summed E-state index contributed by atoms with van der Waals surface area (Å²) in [7, 11) is 0. The van der Waals surface area contributed by atoms with E-state index in [1.165, 1.54) is 53.0 Å². The molecule has 0 N–H and O–H groups in total. The molecule has 0 aromatic carbocycles. The molecule has 6 bridgehead atoms. The summed E-state index contributed by atoms with van der Waals surface area (Å²) < 4.78 is 115. The smallest absolute Gasteiger partial charge is 0.332 e. The predicted octanol–water partition coefficient (Wildman–Crippen LogP) is 9.61. The van der Waals surface area contributed by atoms with Gasteiger partial charge in [-0.25, -0.2) is 39.9 Å². The second kappa shape index (κ2) is 26.2. The molecule has 6 saturated heterocycles. The summed E-state index contributed by atoms with van der Waals surface area (Å²) in [6, 6.07) is 10.8. The minimum Gasteiger partial charge on any atom is -0.332 e. The molecule has 23 nitrogen and oxygen atoms in total. The summed E-state index contributed by atoms with van der Waals surface area (Å²) in [6.07, 6.45) is 14.0. The standard InChI is InChI=1S/C23H21F3N6O.C21H20F3N7O.C20H18F3N7O/c1-13-3-5-17(21-27-7-2-8-28-21)20(31-13)22(33)32-16-4-6-18(32)14(10-16)9-15-11-30-19(12-29-15)23(24,25)26;1-12-6-16(19(27-9-12)31-28-4-5-29-31)20(32)30-15-2-3-17(30)13(8-15)7-14-10-26-18(11-25-14)21(22,23)24;21-20(22,23)17-11-25-13(10-26-17)8-12-9-14-3-4-16(12)29(14)19(31)15-2-1-5-24-18(15)30-27-6-7-28-30/h2-3,5,7-8,11-12,14,16,18H,4,6,9-10H2,1H3;4-6,9-11,13,15,17H,2-3,7-8H2,1H3;1-2,5-7,10-12,14,16H,3-4,8-9H2. The lowest BCUT2D eigenvalue weighted by Crippen LogP contribution is -2.37. The molecule has 96 heavy (non-hydrogen) atoms. The Labute approximate surface area is 541 Å². The van der Waals surface area contributed by atoms with Crippen LogP contribution in [0.2, 0.25) is 0 Å². The first-order chi connectivity index (χ1) is 46.0. The molecule has 0 spiro atoms. The Balaban J connectivity index is 0.000000130. The van der Waals surface area contributed by atoms with Crippen LogP contribution in [0.1, 0.15) is 134 Å². The van der Waals surface area contributed by atoms with Crippen molar-refractivity contribution in [2.24, 2.45) is 17.8 Å². The van der Waals surface area contributed by atoms with Gasteiger partial charge in [0.25, 0.3) is 17.7 Å². The zero-order chi connectivity index (χ0) is 67.2. The number of aryl methyl sites for hydroxylation is 2. The van der Waals surface area contributed by atoms with E-state index in [2.05, 4.69) is 75.2 Å². The van der Waals surface area contributed by atoms with Crippen molar-refractivity contribution in [2.75, 3.05) is 0 Å². The molecule has 6 aliphatic heterocycles. The number of hydrogen-bond acceptors (Lipinski definition) is 18. The largest absolute Gasteiger partial charge is 0.434 e. The average molecular weight is 1330 g/mol. The van der Waals surface area contributed by atoms with E-state index in [0.29, 0.717) is 76.2 Å². The summed E-state index contributed by atoms with van der Waals surface area (Å²) in [5.41, 5.74) is 1.84. The van der Waals surface area contributed by atoms with E-state index in [-0.39, 0.29) is 71.7 Å². The van der Waals surface area contributed by atoms with Crippen LogP contribution in [-0.4, -0.2) is 153 Å². The fraction of sp³-hybridized carbons (Fsp3) is 0.406. The molecule has 496 valence electrons. The Morgan fingerprint density at radius 1 is 0.438 bits per heavy atom.